The molecule has 1 saturated heterocycles. The van der Waals surface area contributed by atoms with Gasteiger partial charge in [-0.25, -0.2) is 4.79 Å². The lowest BCUT2D eigenvalue weighted by Gasteiger charge is -2.33. The lowest BCUT2D eigenvalue weighted by molar-refractivity contribution is 0.0160. The number of fused-ring (bicyclic) bond motifs is 2. The van der Waals surface area contributed by atoms with Crippen LogP contribution in [0.5, 0.6) is 5.75 Å². The van der Waals surface area contributed by atoms with Crippen LogP contribution in [0.1, 0.15) is 26.3 Å². The van der Waals surface area contributed by atoms with Gasteiger partial charge in [0, 0.05) is 23.9 Å². The highest BCUT2D eigenvalue weighted by molar-refractivity contribution is 5.85. The molecule has 1 fully saturated rings. The molecule has 1 atom stereocenters. The molecule has 22 heavy (non-hydrogen) atoms. The third-order valence-electron chi connectivity index (χ3n) is 3.67. The molecule has 0 bridgehead atoms. The fraction of sp³-hybridized carbons (Fsp3) is 0.562. The van der Waals surface area contributed by atoms with Crippen LogP contribution in [-0.2, 0) is 15.0 Å². The molecule has 1 spiro atoms. The fourth-order valence-corrected chi connectivity index (χ4v) is 2.74. The first kappa shape index (κ1) is 15.1. The molecule has 2 aliphatic heterocycles. The van der Waals surface area contributed by atoms with E-state index in [2.05, 4.69) is 10.6 Å². The summed E-state index contributed by atoms with van der Waals surface area (Å²) in [4.78, 5) is 11.8. The van der Waals surface area contributed by atoms with Gasteiger partial charge in [-0.05, 0) is 26.8 Å². The molecule has 1 aromatic carbocycles. The van der Waals surface area contributed by atoms with Crippen molar-refractivity contribution < 1.29 is 19.0 Å². The molecule has 0 unspecified atom stereocenters. The average molecular weight is 306 g/mol. The van der Waals surface area contributed by atoms with Crippen molar-refractivity contribution in [3.8, 4) is 5.75 Å². The van der Waals surface area contributed by atoms with Crippen molar-refractivity contribution in [1.29, 1.82) is 0 Å². The number of nitrogens with one attached hydrogen (secondary N) is 2. The predicted octanol–water partition coefficient (Wildman–Crippen LogP) is 2.24. The van der Waals surface area contributed by atoms with Gasteiger partial charge in [0.25, 0.3) is 0 Å². The van der Waals surface area contributed by atoms with Crippen molar-refractivity contribution in [2.75, 3.05) is 31.7 Å². The van der Waals surface area contributed by atoms with Gasteiger partial charge in [0.05, 0.1) is 13.2 Å². The van der Waals surface area contributed by atoms with Crippen LogP contribution >= 0.6 is 0 Å². The molecule has 6 nitrogen and oxygen atoms in total. The maximum atomic E-state index is 11.8. The number of benzene rings is 1. The molecular formula is C16H22N2O4. The second-order valence-electron chi connectivity index (χ2n) is 6.69. The van der Waals surface area contributed by atoms with E-state index in [1.807, 2.05) is 39.0 Å². The molecule has 1 amide bonds. The molecule has 0 saturated carbocycles. The maximum absolute atomic E-state index is 11.8. The van der Waals surface area contributed by atoms with E-state index in [0.717, 1.165) is 24.5 Å². The van der Waals surface area contributed by atoms with Crippen LogP contribution in [0.4, 0.5) is 10.5 Å². The molecule has 0 aromatic heterocycles. The Hall–Kier alpha value is -1.79. The van der Waals surface area contributed by atoms with E-state index in [0.29, 0.717) is 18.9 Å². The Labute approximate surface area is 130 Å². The van der Waals surface area contributed by atoms with Crippen LogP contribution in [0.3, 0.4) is 0 Å². The van der Waals surface area contributed by atoms with E-state index in [4.69, 9.17) is 14.2 Å². The number of rotatable bonds is 1. The fourth-order valence-electron chi connectivity index (χ4n) is 2.74. The van der Waals surface area contributed by atoms with Gasteiger partial charge in [-0.1, -0.05) is 6.07 Å². The Morgan fingerprint density at radius 2 is 2.18 bits per heavy atom. The Morgan fingerprint density at radius 3 is 2.86 bits per heavy atom. The van der Waals surface area contributed by atoms with Crippen LogP contribution in [-0.4, -0.2) is 38.1 Å². The number of ether oxygens (including phenoxy) is 3. The van der Waals surface area contributed by atoms with Gasteiger partial charge in [-0.3, -0.25) is 5.32 Å². The van der Waals surface area contributed by atoms with Gasteiger partial charge < -0.3 is 19.5 Å². The van der Waals surface area contributed by atoms with E-state index in [-0.39, 0.29) is 5.54 Å². The van der Waals surface area contributed by atoms with Crippen LogP contribution in [0.15, 0.2) is 18.2 Å². The normalized spacial score (nSPS) is 23.8. The van der Waals surface area contributed by atoms with E-state index >= 15 is 0 Å². The Bertz CT molecular complexity index is 574. The van der Waals surface area contributed by atoms with Crippen LogP contribution in [0.25, 0.3) is 0 Å². The molecule has 2 N–H and O–H groups in total. The molecule has 2 aliphatic rings. The zero-order valence-electron chi connectivity index (χ0n) is 13.2. The number of carbonyl (C=O) groups is 1. The van der Waals surface area contributed by atoms with E-state index in [9.17, 15) is 4.79 Å². The summed E-state index contributed by atoms with van der Waals surface area (Å²) in [5.74, 6) is 0.770. The van der Waals surface area contributed by atoms with Crippen molar-refractivity contribution in [2.45, 2.75) is 31.9 Å². The Kier molecular flexibility index (Phi) is 3.74. The molecule has 0 radical (unpaired) electrons. The van der Waals surface area contributed by atoms with Crippen LogP contribution in [0.2, 0.25) is 0 Å². The molecular weight excluding hydrogens is 284 g/mol. The first-order valence-corrected chi connectivity index (χ1v) is 7.48. The standard InChI is InChI=1S/C16H22N2O4/c1-15(2,3)22-14(19)18-11-4-5-12-13(8-11)21-10-16(12)9-20-7-6-17-16/h4-5,8,17H,6-7,9-10H2,1-3H3,(H,18,19)/t16-/m0/s1. The minimum Gasteiger partial charge on any atom is -0.491 e. The van der Waals surface area contributed by atoms with Crippen molar-refractivity contribution in [1.82, 2.24) is 5.32 Å². The monoisotopic (exact) mass is 306 g/mol. The van der Waals surface area contributed by atoms with Crippen molar-refractivity contribution in [3.63, 3.8) is 0 Å². The Balaban J connectivity index is 1.74. The SMILES string of the molecule is CC(C)(C)OC(=O)Nc1ccc2c(c1)OC[C@@]21COCCN1. The summed E-state index contributed by atoms with van der Waals surface area (Å²) in [5, 5.41) is 6.21. The number of hydrogen-bond donors (Lipinski definition) is 2. The van der Waals surface area contributed by atoms with Gasteiger partial charge >= 0.3 is 6.09 Å². The zero-order valence-corrected chi connectivity index (χ0v) is 13.2. The number of amides is 1. The summed E-state index contributed by atoms with van der Waals surface area (Å²) in [7, 11) is 0. The summed E-state index contributed by atoms with van der Waals surface area (Å²) in [5.41, 5.74) is 0.937. The molecule has 6 heteroatoms. The van der Waals surface area contributed by atoms with E-state index < -0.39 is 11.7 Å². The van der Waals surface area contributed by atoms with Gasteiger partial charge in [0.2, 0.25) is 0 Å². The maximum Gasteiger partial charge on any atom is 0.412 e. The summed E-state index contributed by atoms with van der Waals surface area (Å²) >= 11 is 0. The second kappa shape index (κ2) is 5.44. The zero-order chi connectivity index (χ0) is 15.8. The highest BCUT2D eigenvalue weighted by atomic mass is 16.6. The molecule has 3 rings (SSSR count). The lowest BCUT2D eigenvalue weighted by Crippen LogP contribution is -2.52. The van der Waals surface area contributed by atoms with Gasteiger partial charge in [-0.15, -0.1) is 0 Å². The van der Waals surface area contributed by atoms with Crippen molar-refractivity contribution >= 4 is 11.8 Å². The molecule has 2 heterocycles. The predicted molar refractivity (Wildman–Crippen MR) is 82.3 cm³/mol. The highest BCUT2D eigenvalue weighted by Crippen LogP contribution is 2.39. The van der Waals surface area contributed by atoms with E-state index in [1.165, 1.54) is 0 Å². The summed E-state index contributed by atoms with van der Waals surface area (Å²) in [6.07, 6.45) is -0.473. The number of morpholine rings is 1. The summed E-state index contributed by atoms with van der Waals surface area (Å²) in [6, 6.07) is 5.65. The highest BCUT2D eigenvalue weighted by Gasteiger charge is 2.42. The lowest BCUT2D eigenvalue weighted by atomic mass is 9.92. The third-order valence-corrected chi connectivity index (χ3v) is 3.67. The van der Waals surface area contributed by atoms with E-state index in [1.54, 1.807) is 0 Å². The first-order valence-electron chi connectivity index (χ1n) is 7.48. The molecule has 1 aromatic rings. The minimum absolute atomic E-state index is 0.266. The second-order valence-corrected chi connectivity index (χ2v) is 6.69. The van der Waals surface area contributed by atoms with Gasteiger partial charge in [0.15, 0.2) is 0 Å². The minimum atomic E-state index is -0.523. The third kappa shape index (κ3) is 3.03. The van der Waals surface area contributed by atoms with Gasteiger partial charge in [-0.2, -0.15) is 0 Å². The molecule has 0 aliphatic carbocycles. The van der Waals surface area contributed by atoms with Crippen molar-refractivity contribution in [3.05, 3.63) is 23.8 Å². The van der Waals surface area contributed by atoms with Crippen molar-refractivity contribution in [2.24, 2.45) is 0 Å². The Morgan fingerprint density at radius 1 is 1.36 bits per heavy atom. The summed E-state index contributed by atoms with van der Waals surface area (Å²) in [6.45, 7) is 8.15. The number of carbonyl (C=O) groups excluding carboxylic acids is 1. The topological polar surface area (TPSA) is 68.8 Å². The molecule has 120 valence electrons. The average Bonchev–Trinajstić information content (AvgIpc) is 2.76. The number of hydrogen-bond acceptors (Lipinski definition) is 5. The number of anilines is 1. The van der Waals surface area contributed by atoms with Crippen LogP contribution < -0.4 is 15.4 Å². The first-order chi connectivity index (χ1) is 10.4. The quantitative estimate of drug-likeness (QED) is 0.833. The largest absolute Gasteiger partial charge is 0.491 e. The van der Waals surface area contributed by atoms with Crippen LogP contribution in [0, 0.1) is 0 Å². The van der Waals surface area contributed by atoms with Gasteiger partial charge in [0.1, 0.15) is 23.5 Å². The smallest absolute Gasteiger partial charge is 0.412 e. The summed E-state index contributed by atoms with van der Waals surface area (Å²) < 4.78 is 16.6.